The molecule has 4 heteroatoms. The molecule has 3 fully saturated rings. The Morgan fingerprint density at radius 1 is 1.27 bits per heavy atom. The van der Waals surface area contributed by atoms with Gasteiger partial charge in [-0.2, -0.15) is 0 Å². The van der Waals surface area contributed by atoms with Gasteiger partial charge < -0.3 is 18.9 Å². The Hall–Kier alpha value is -0.160. The second kappa shape index (κ2) is 1.95. The molecule has 3 heterocycles. The van der Waals surface area contributed by atoms with Crippen molar-refractivity contribution < 1.29 is 18.9 Å². The van der Waals surface area contributed by atoms with Crippen LogP contribution in [0.1, 0.15) is 0 Å². The fourth-order valence-electron chi connectivity index (χ4n) is 1.90. The highest BCUT2D eigenvalue weighted by Gasteiger charge is 2.61. The number of fused-ring (bicyclic) bond motifs is 4. The predicted octanol–water partition coefficient (Wildman–Crippen LogP) is -0.476. The zero-order valence-corrected chi connectivity index (χ0v) is 6.23. The lowest BCUT2D eigenvalue weighted by atomic mass is 10.1. The molecule has 0 aromatic heterocycles. The molecular weight excluding hydrogens is 148 g/mol. The molecule has 0 radical (unpaired) electrons. The second-order valence-electron chi connectivity index (χ2n) is 3.14. The molecule has 0 saturated carbocycles. The van der Waals surface area contributed by atoms with E-state index >= 15 is 0 Å². The van der Waals surface area contributed by atoms with Crippen molar-refractivity contribution in [1.29, 1.82) is 0 Å². The SMILES string of the molecule is CO[C@H]1[C@@H]2O[C@@H]2[C@@H]2OC[C@H]1O2. The molecule has 0 amide bonds. The summed E-state index contributed by atoms with van der Waals surface area (Å²) in [6, 6.07) is 0. The van der Waals surface area contributed by atoms with Gasteiger partial charge in [-0.1, -0.05) is 0 Å². The largest absolute Gasteiger partial charge is 0.376 e. The maximum absolute atomic E-state index is 5.48. The van der Waals surface area contributed by atoms with E-state index in [1.807, 2.05) is 0 Å². The number of epoxide rings is 1. The number of methoxy groups -OCH3 is 1. The smallest absolute Gasteiger partial charge is 0.187 e. The Morgan fingerprint density at radius 3 is 3.00 bits per heavy atom. The first-order chi connectivity index (χ1) is 5.40. The van der Waals surface area contributed by atoms with Gasteiger partial charge in [-0.25, -0.2) is 0 Å². The monoisotopic (exact) mass is 158 g/mol. The van der Waals surface area contributed by atoms with Crippen LogP contribution < -0.4 is 0 Å². The number of ether oxygens (including phenoxy) is 4. The van der Waals surface area contributed by atoms with Crippen LogP contribution in [-0.2, 0) is 18.9 Å². The van der Waals surface area contributed by atoms with Crippen LogP contribution in [0.2, 0.25) is 0 Å². The number of hydrogen-bond donors (Lipinski definition) is 0. The van der Waals surface area contributed by atoms with Crippen molar-refractivity contribution in [1.82, 2.24) is 0 Å². The Morgan fingerprint density at radius 2 is 2.18 bits per heavy atom. The molecule has 4 nitrogen and oxygen atoms in total. The molecule has 0 aromatic carbocycles. The molecule has 62 valence electrons. The third kappa shape index (κ3) is 0.727. The van der Waals surface area contributed by atoms with Crippen LogP contribution in [0.3, 0.4) is 0 Å². The average Bonchev–Trinajstić information content (AvgIpc) is 2.69. The standard InChI is InChI=1S/C7H10O4/c1-8-4-3-2-9-7(10-3)6-5(4)11-6/h3-7H,2H2,1H3/t3-,4-,5+,6+,7-/m1/s1. The maximum Gasteiger partial charge on any atom is 0.187 e. The Labute approximate surface area is 64.4 Å². The average molecular weight is 158 g/mol. The van der Waals surface area contributed by atoms with E-state index in [1.165, 1.54) is 0 Å². The van der Waals surface area contributed by atoms with E-state index in [0.717, 1.165) is 0 Å². The molecule has 5 atom stereocenters. The molecular formula is C7H10O4. The van der Waals surface area contributed by atoms with Crippen LogP contribution in [0, 0.1) is 0 Å². The van der Waals surface area contributed by atoms with Crippen LogP contribution in [0.4, 0.5) is 0 Å². The minimum absolute atomic E-state index is 0.0822. The summed E-state index contributed by atoms with van der Waals surface area (Å²) in [7, 11) is 1.69. The van der Waals surface area contributed by atoms with Crippen molar-refractivity contribution in [3.8, 4) is 0 Å². The van der Waals surface area contributed by atoms with Gasteiger partial charge in [-0.15, -0.1) is 0 Å². The van der Waals surface area contributed by atoms with Gasteiger partial charge in [0.25, 0.3) is 0 Å². The predicted molar refractivity (Wildman–Crippen MR) is 34.1 cm³/mol. The first-order valence-corrected chi connectivity index (χ1v) is 3.85. The molecule has 0 spiro atoms. The highest BCUT2D eigenvalue weighted by atomic mass is 16.8. The summed E-state index contributed by atoms with van der Waals surface area (Å²) in [5.41, 5.74) is 0. The molecule has 11 heavy (non-hydrogen) atoms. The third-order valence-electron chi connectivity index (χ3n) is 2.53. The lowest BCUT2D eigenvalue weighted by molar-refractivity contribution is -0.110. The van der Waals surface area contributed by atoms with Gasteiger partial charge in [0.2, 0.25) is 0 Å². The third-order valence-corrected chi connectivity index (χ3v) is 2.53. The quantitative estimate of drug-likeness (QED) is 0.483. The molecule has 0 aromatic rings. The molecule has 0 unspecified atom stereocenters. The number of rotatable bonds is 1. The summed E-state index contributed by atoms with van der Waals surface area (Å²) in [5, 5.41) is 0. The molecule has 0 N–H and O–H groups in total. The van der Waals surface area contributed by atoms with E-state index in [-0.39, 0.29) is 30.7 Å². The van der Waals surface area contributed by atoms with Crippen molar-refractivity contribution in [3.05, 3.63) is 0 Å². The molecule has 3 rings (SSSR count). The zero-order chi connectivity index (χ0) is 7.42. The Balaban J connectivity index is 1.85. The summed E-state index contributed by atoms with van der Waals surface area (Å²) >= 11 is 0. The van der Waals surface area contributed by atoms with Crippen LogP contribution in [0.5, 0.6) is 0 Å². The first-order valence-electron chi connectivity index (χ1n) is 3.85. The highest BCUT2D eigenvalue weighted by molar-refractivity contribution is 5.04. The molecule has 2 bridgehead atoms. The summed E-state index contributed by atoms with van der Waals surface area (Å²) in [6.07, 6.45) is 0.425. The Bertz CT molecular complexity index is 183. The van der Waals surface area contributed by atoms with Crippen molar-refractivity contribution >= 4 is 0 Å². The summed E-state index contributed by atoms with van der Waals surface area (Å²) in [5.74, 6) is 0. The van der Waals surface area contributed by atoms with Gasteiger partial charge in [0.15, 0.2) is 6.29 Å². The van der Waals surface area contributed by atoms with Gasteiger partial charge in [-0.3, -0.25) is 0 Å². The molecule has 3 saturated heterocycles. The van der Waals surface area contributed by atoms with Crippen LogP contribution in [-0.4, -0.2) is 44.4 Å². The van der Waals surface area contributed by atoms with Gasteiger partial charge >= 0.3 is 0 Å². The zero-order valence-electron chi connectivity index (χ0n) is 6.23. The lowest BCUT2D eigenvalue weighted by Gasteiger charge is -2.22. The maximum atomic E-state index is 5.48. The van der Waals surface area contributed by atoms with Gasteiger partial charge in [-0.05, 0) is 0 Å². The van der Waals surface area contributed by atoms with Gasteiger partial charge in [0.1, 0.15) is 24.4 Å². The summed E-state index contributed by atoms with van der Waals surface area (Å²) < 4.78 is 21.4. The van der Waals surface area contributed by atoms with E-state index in [1.54, 1.807) is 7.11 Å². The number of hydrogen-bond acceptors (Lipinski definition) is 4. The van der Waals surface area contributed by atoms with E-state index < -0.39 is 0 Å². The highest BCUT2D eigenvalue weighted by Crippen LogP contribution is 2.42. The molecule has 0 aliphatic carbocycles. The molecule has 3 aliphatic rings. The van der Waals surface area contributed by atoms with Crippen LogP contribution >= 0.6 is 0 Å². The van der Waals surface area contributed by atoms with Gasteiger partial charge in [0.05, 0.1) is 6.61 Å². The normalized spacial score (nSPS) is 59.2. The lowest BCUT2D eigenvalue weighted by Crippen LogP contribution is -2.41. The van der Waals surface area contributed by atoms with Crippen molar-refractivity contribution in [2.45, 2.75) is 30.7 Å². The van der Waals surface area contributed by atoms with E-state index in [9.17, 15) is 0 Å². The topological polar surface area (TPSA) is 40.2 Å². The fraction of sp³-hybridized carbons (Fsp3) is 1.00. The van der Waals surface area contributed by atoms with Crippen molar-refractivity contribution in [3.63, 3.8) is 0 Å². The second-order valence-corrected chi connectivity index (χ2v) is 3.14. The molecule has 3 aliphatic heterocycles. The Kier molecular flexibility index (Phi) is 1.13. The van der Waals surface area contributed by atoms with Crippen molar-refractivity contribution in [2.75, 3.05) is 13.7 Å². The minimum atomic E-state index is -0.114. The first kappa shape index (κ1) is 6.37. The van der Waals surface area contributed by atoms with Gasteiger partial charge in [0, 0.05) is 7.11 Å². The van der Waals surface area contributed by atoms with E-state index in [0.29, 0.717) is 6.61 Å². The minimum Gasteiger partial charge on any atom is -0.376 e. The summed E-state index contributed by atoms with van der Waals surface area (Å²) in [4.78, 5) is 0. The van der Waals surface area contributed by atoms with E-state index in [2.05, 4.69) is 0 Å². The fourth-order valence-corrected chi connectivity index (χ4v) is 1.90. The van der Waals surface area contributed by atoms with Crippen LogP contribution in [0.25, 0.3) is 0 Å². The summed E-state index contributed by atoms with van der Waals surface area (Å²) in [6.45, 7) is 0.652. The van der Waals surface area contributed by atoms with Crippen LogP contribution in [0.15, 0.2) is 0 Å². The van der Waals surface area contributed by atoms with Crippen molar-refractivity contribution in [2.24, 2.45) is 0 Å². The van der Waals surface area contributed by atoms with E-state index in [4.69, 9.17) is 18.9 Å².